The van der Waals surface area contributed by atoms with Gasteiger partial charge in [-0.05, 0) is 37.1 Å². The molecule has 0 heterocycles. The second-order valence-electron chi connectivity index (χ2n) is 5.61. The highest BCUT2D eigenvalue weighted by Crippen LogP contribution is 2.29. The minimum absolute atomic E-state index is 0. The molecule has 2 rings (SSSR count). The van der Waals surface area contributed by atoms with E-state index >= 15 is 0 Å². The molecule has 6 heteroatoms. The molecule has 0 bridgehead atoms. The first-order valence-corrected chi connectivity index (χ1v) is 8.56. The minimum atomic E-state index is 0. The number of nitrogens with two attached hydrogens (primary N) is 1. The predicted octanol–water partition coefficient (Wildman–Crippen LogP) is 4.05. The molecule has 0 amide bonds. The smallest absolute Gasteiger partial charge is 0.191 e. The van der Waals surface area contributed by atoms with E-state index in [0.29, 0.717) is 24.9 Å². The zero-order valence-corrected chi connectivity index (χ0v) is 18.0. The van der Waals surface area contributed by atoms with Crippen molar-refractivity contribution < 1.29 is 9.47 Å². The number of halogens is 1. The van der Waals surface area contributed by atoms with Crippen molar-refractivity contribution >= 4 is 29.9 Å². The van der Waals surface area contributed by atoms with Crippen molar-refractivity contribution in [3.8, 4) is 11.5 Å². The average molecular weight is 469 g/mol. The molecular formula is C20H28IN3O2. The molecule has 0 atom stereocenters. The fraction of sp³-hybridized carbons (Fsp3) is 0.350. The van der Waals surface area contributed by atoms with Crippen LogP contribution < -0.4 is 15.2 Å². The van der Waals surface area contributed by atoms with Crippen LogP contribution in [0.1, 0.15) is 25.0 Å². The van der Waals surface area contributed by atoms with Gasteiger partial charge in [0.25, 0.3) is 0 Å². The minimum Gasteiger partial charge on any atom is -0.493 e. The van der Waals surface area contributed by atoms with E-state index in [-0.39, 0.29) is 24.0 Å². The van der Waals surface area contributed by atoms with Crippen LogP contribution >= 0.6 is 24.0 Å². The topological polar surface area (TPSA) is 60.1 Å². The van der Waals surface area contributed by atoms with Crippen LogP contribution in [0.4, 0.5) is 0 Å². The third-order valence-electron chi connectivity index (χ3n) is 3.98. The molecule has 0 aliphatic carbocycles. The molecule has 0 aliphatic heterocycles. The zero-order valence-electron chi connectivity index (χ0n) is 15.6. The molecule has 0 radical (unpaired) electrons. The summed E-state index contributed by atoms with van der Waals surface area (Å²) in [6.07, 6.45) is 0. The zero-order chi connectivity index (χ0) is 18.1. The summed E-state index contributed by atoms with van der Waals surface area (Å²) in [6.45, 7) is 6.84. The summed E-state index contributed by atoms with van der Waals surface area (Å²) in [7, 11) is 1.64. The van der Waals surface area contributed by atoms with E-state index in [0.717, 1.165) is 30.0 Å². The Kier molecular flexibility index (Phi) is 9.87. The number of aliphatic imine (C=N–C) groups is 1. The van der Waals surface area contributed by atoms with Gasteiger partial charge in [0.1, 0.15) is 6.61 Å². The lowest BCUT2D eigenvalue weighted by molar-refractivity contribution is 0.284. The van der Waals surface area contributed by atoms with Gasteiger partial charge in [-0.2, -0.15) is 0 Å². The maximum absolute atomic E-state index is 6.02. The standard InChI is InChI=1S/C20H27N3O2.HI/c1-4-23(5-2)20(21)22-14-17-11-12-18(19(13-17)24-3)25-15-16-9-7-6-8-10-16;/h6-13H,4-5,14-15H2,1-3H3,(H2,21,22);1H. The van der Waals surface area contributed by atoms with Gasteiger partial charge in [0.05, 0.1) is 13.7 Å². The summed E-state index contributed by atoms with van der Waals surface area (Å²) in [4.78, 5) is 6.48. The SMILES string of the molecule is CCN(CC)C(N)=NCc1ccc(OCc2ccccc2)c(OC)c1.I. The third-order valence-corrected chi connectivity index (χ3v) is 3.98. The second-order valence-corrected chi connectivity index (χ2v) is 5.61. The predicted molar refractivity (Wildman–Crippen MR) is 117 cm³/mol. The summed E-state index contributed by atoms with van der Waals surface area (Å²) in [5.41, 5.74) is 8.16. The van der Waals surface area contributed by atoms with Crippen molar-refractivity contribution in [3.05, 3.63) is 59.7 Å². The third kappa shape index (κ3) is 6.40. The molecule has 26 heavy (non-hydrogen) atoms. The van der Waals surface area contributed by atoms with Crippen molar-refractivity contribution in [1.82, 2.24) is 4.90 Å². The fourth-order valence-electron chi connectivity index (χ4n) is 2.48. The molecule has 142 valence electrons. The molecule has 0 unspecified atom stereocenters. The highest BCUT2D eigenvalue weighted by Gasteiger charge is 2.07. The molecule has 5 nitrogen and oxygen atoms in total. The molecule has 0 aromatic heterocycles. The monoisotopic (exact) mass is 469 g/mol. The van der Waals surface area contributed by atoms with Gasteiger partial charge in [0, 0.05) is 13.1 Å². The Bertz CT molecular complexity index is 689. The molecule has 0 fully saturated rings. The maximum Gasteiger partial charge on any atom is 0.191 e. The largest absolute Gasteiger partial charge is 0.493 e. The van der Waals surface area contributed by atoms with E-state index < -0.39 is 0 Å². The number of hydrogen-bond acceptors (Lipinski definition) is 3. The lowest BCUT2D eigenvalue weighted by Gasteiger charge is -2.19. The van der Waals surface area contributed by atoms with Crippen molar-refractivity contribution in [3.63, 3.8) is 0 Å². The summed E-state index contributed by atoms with van der Waals surface area (Å²) >= 11 is 0. The summed E-state index contributed by atoms with van der Waals surface area (Å²) in [5, 5.41) is 0. The Morgan fingerprint density at radius 1 is 1.00 bits per heavy atom. The molecule has 0 aliphatic rings. The van der Waals surface area contributed by atoms with Gasteiger partial charge in [-0.3, -0.25) is 0 Å². The quantitative estimate of drug-likeness (QED) is 0.360. The number of nitrogens with zero attached hydrogens (tertiary/aromatic N) is 2. The summed E-state index contributed by atoms with van der Waals surface area (Å²) in [5.74, 6) is 1.98. The van der Waals surface area contributed by atoms with Crippen LogP contribution in [0.2, 0.25) is 0 Å². The second kappa shape index (κ2) is 11.6. The molecule has 2 aromatic carbocycles. The van der Waals surface area contributed by atoms with Gasteiger partial charge >= 0.3 is 0 Å². The van der Waals surface area contributed by atoms with Crippen molar-refractivity contribution in [2.45, 2.75) is 27.0 Å². The molecule has 0 saturated carbocycles. The van der Waals surface area contributed by atoms with Crippen LogP contribution in [0, 0.1) is 0 Å². The highest BCUT2D eigenvalue weighted by molar-refractivity contribution is 14.0. The lowest BCUT2D eigenvalue weighted by Crippen LogP contribution is -2.37. The Labute approximate surface area is 173 Å². The number of rotatable bonds is 8. The van der Waals surface area contributed by atoms with Gasteiger partial charge in [0.2, 0.25) is 0 Å². The molecular weight excluding hydrogens is 441 g/mol. The van der Waals surface area contributed by atoms with Crippen molar-refractivity contribution in [2.75, 3.05) is 20.2 Å². The number of ether oxygens (including phenoxy) is 2. The van der Waals surface area contributed by atoms with Crippen LogP contribution in [0.25, 0.3) is 0 Å². The lowest BCUT2D eigenvalue weighted by atomic mass is 10.2. The van der Waals surface area contributed by atoms with Crippen LogP contribution in [0.15, 0.2) is 53.5 Å². The molecule has 2 aromatic rings. The molecule has 2 N–H and O–H groups in total. The van der Waals surface area contributed by atoms with Gasteiger partial charge in [-0.15, -0.1) is 24.0 Å². The van der Waals surface area contributed by atoms with E-state index in [1.807, 2.05) is 53.4 Å². The Morgan fingerprint density at radius 2 is 1.69 bits per heavy atom. The Balaban J connectivity index is 0.00000338. The Hall–Kier alpha value is -1.96. The maximum atomic E-state index is 6.02. The average Bonchev–Trinajstić information content (AvgIpc) is 2.66. The van der Waals surface area contributed by atoms with Crippen LogP contribution in [0.5, 0.6) is 11.5 Å². The number of benzene rings is 2. The first-order chi connectivity index (χ1) is 12.2. The van der Waals surface area contributed by atoms with E-state index in [4.69, 9.17) is 15.2 Å². The fourth-order valence-corrected chi connectivity index (χ4v) is 2.48. The van der Waals surface area contributed by atoms with E-state index in [2.05, 4.69) is 18.8 Å². The molecule has 0 spiro atoms. The van der Waals surface area contributed by atoms with E-state index in [1.54, 1.807) is 7.11 Å². The molecule has 0 saturated heterocycles. The van der Waals surface area contributed by atoms with Gasteiger partial charge in [-0.25, -0.2) is 4.99 Å². The van der Waals surface area contributed by atoms with Crippen LogP contribution in [0.3, 0.4) is 0 Å². The van der Waals surface area contributed by atoms with Crippen molar-refractivity contribution in [1.29, 1.82) is 0 Å². The summed E-state index contributed by atoms with van der Waals surface area (Å²) < 4.78 is 11.3. The summed E-state index contributed by atoms with van der Waals surface area (Å²) in [6, 6.07) is 15.9. The highest BCUT2D eigenvalue weighted by atomic mass is 127. The van der Waals surface area contributed by atoms with Crippen LogP contribution in [-0.4, -0.2) is 31.1 Å². The van der Waals surface area contributed by atoms with Gasteiger partial charge in [-0.1, -0.05) is 36.4 Å². The van der Waals surface area contributed by atoms with E-state index in [1.165, 1.54) is 0 Å². The first-order valence-electron chi connectivity index (χ1n) is 8.56. The normalized spacial score (nSPS) is 10.8. The first kappa shape index (κ1) is 22.1. The van der Waals surface area contributed by atoms with Crippen LogP contribution in [-0.2, 0) is 13.2 Å². The van der Waals surface area contributed by atoms with Gasteiger partial charge < -0.3 is 20.1 Å². The number of guanidine groups is 1. The number of methoxy groups -OCH3 is 1. The Morgan fingerprint density at radius 3 is 2.31 bits per heavy atom. The van der Waals surface area contributed by atoms with Gasteiger partial charge in [0.15, 0.2) is 17.5 Å². The van der Waals surface area contributed by atoms with Crippen molar-refractivity contribution in [2.24, 2.45) is 10.7 Å². The number of hydrogen-bond donors (Lipinski definition) is 1. The van der Waals surface area contributed by atoms with E-state index in [9.17, 15) is 0 Å².